The van der Waals surface area contributed by atoms with Crippen LogP contribution in [0.5, 0.6) is 0 Å². The van der Waals surface area contributed by atoms with Crippen molar-refractivity contribution in [3.63, 3.8) is 0 Å². The number of hydrogen-bond acceptors (Lipinski definition) is 5. The van der Waals surface area contributed by atoms with Gasteiger partial charge in [0.05, 0.1) is 11.2 Å². The van der Waals surface area contributed by atoms with E-state index in [0.29, 0.717) is 16.9 Å². The summed E-state index contributed by atoms with van der Waals surface area (Å²) in [6.07, 6.45) is 1.64. The van der Waals surface area contributed by atoms with Gasteiger partial charge in [0.25, 0.3) is 0 Å². The fraction of sp³-hybridized carbons (Fsp3) is 0.0667. The van der Waals surface area contributed by atoms with E-state index in [1.54, 1.807) is 12.3 Å². The summed E-state index contributed by atoms with van der Waals surface area (Å²) in [5.74, 6) is 0.200. The fourth-order valence-electron chi connectivity index (χ4n) is 2.24. The Hall–Kier alpha value is -2.47. The average Bonchev–Trinajstić information content (AvgIpc) is 2.46. The van der Waals surface area contributed by atoms with Crippen LogP contribution >= 0.6 is 0 Å². The molecule has 1 unspecified atom stereocenters. The van der Waals surface area contributed by atoms with Gasteiger partial charge in [0, 0.05) is 38.6 Å². The van der Waals surface area contributed by atoms with Gasteiger partial charge in [0.15, 0.2) is 0 Å². The van der Waals surface area contributed by atoms with E-state index in [0.717, 1.165) is 15.8 Å². The first-order valence-corrected chi connectivity index (χ1v) is 7.87. The molecule has 0 saturated heterocycles. The van der Waals surface area contributed by atoms with Crippen LogP contribution in [0.4, 0.5) is 11.6 Å². The van der Waals surface area contributed by atoms with Crippen LogP contribution in [-0.4, -0.2) is 20.4 Å². The van der Waals surface area contributed by atoms with Crippen molar-refractivity contribution in [2.24, 2.45) is 0 Å². The molecule has 1 aromatic heterocycles. The Kier molecular flexibility index (Phi) is 3.31. The summed E-state index contributed by atoms with van der Waals surface area (Å²) in [6, 6.07) is 12.8. The Morgan fingerprint density at radius 1 is 1.00 bits per heavy atom. The summed E-state index contributed by atoms with van der Waals surface area (Å²) in [5, 5.41) is 0.775. The standard InChI is InChI=1S/C15H14N4OS/c1-21(20)10-7-5-9(6-8-10)14-13-11(16)3-2-4-12(13)18-15(17)19-14/h2-8H,16H2,1H3,(H2,17,18,19). The van der Waals surface area contributed by atoms with Crippen LogP contribution in [0.3, 0.4) is 0 Å². The molecule has 3 aromatic rings. The van der Waals surface area contributed by atoms with Crippen LogP contribution in [0.15, 0.2) is 47.4 Å². The Balaban J connectivity index is 2.26. The van der Waals surface area contributed by atoms with E-state index in [1.165, 1.54) is 0 Å². The number of anilines is 2. The second-order valence-electron chi connectivity index (χ2n) is 4.65. The Bertz CT molecular complexity index is 846. The first-order chi connectivity index (χ1) is 10.1. The maximum atomic E-state index is 11.5. The Morgan fingerprint density at radius 2 is 1.71 bits per heavy atom. The van der Waals surface area contributed by atoms with Crippen LogP contribution in [0.1, 0.15) is 0 Å². The molecule has 3 rings (SSSR count). The lowest BCUT2D eigenvalue weighted by Gasteiger charge is -2.09. The molecule has 21 heavy (non-hydrogen) atoms. The zero-order chi connectivity index (χ0) is 15.0. The van der Waals surface area contributed by atoms with Gasteiger partial charge >= 0.3 is 0 Å². The lowest BCUT2D eigenvalue weighted by molar-refractivity contribution is 0.687. The fourth-order valence-corrected chi connectivity index (χ4v) is 2.76. The smallest absolute Gasteiger partial charge is 0.221 e. The SMILES string of the molecule is CS(=O)c1ccc(-c2nc(N)nc3cccc(N)c23)cc1. The molecule has 0 aliphatic carbocycles. The van der Waals surface area contributed by atoms with E-state index in [-0.39, 0.29) is 5.95 Å². The molecular formula is C15H14N4OS. The molecule has 0 amide bonds. The molecule has 0 fully saturated rings. The van der Waals surface area contributed by atoms with Gasteiger partial charge in [0.2, 0.25) is 5.95 Å². The second-order valence-corrected chi connectivity index (χ2v) is 6.03. The highest BCUT2D eigenvalue weighted by molar-refractivity contribution is 7.84. The molecule has 0 bridgehead atoms. The van der Waals surface area contributed by atoms with Crippen molar-refractivity contribution < 1.29 is 4.21 Å². The quantitative estimate of drug-likeness (QED) is 0.707. The molecule has 6 heteroatoms. The molecule has 106 valence electrons. The molecule has 0 aliphatic heterocycles. The zero-order valence-corrected chi connectivity index (χ0v) is 12.2. The number of nitrogens with zero attached hydrogens (tertiary/aromatic N) is 2. The largest absolute Gasteiger partial charge is 0.398 e. The molecule has 1 heterocycles. The maximum Gasteiger partial charge on any atom is 0.221 e. The molecule has 2 aromatic carbocycles. The number of fused-ring (bicyclic) bond motifs is 1. The molecule has 1 atom stereocenters. The topological polar surface area (TPSA) is 94.9 Å². The van der Waals surface area contributed by atoms with Crippen molar-refractivity contribution in [2.45, 2.75) is 4.90 Å². The minimum absolute atomic E-state index is 0.200. The van der Waals surface area contributed by atoms with Gasteiger partial charge < -0.3 is 11.5 Å². The van der Waals surface area contributed by atoms with Crippen molar-refractivity contribution in [1.82, 2.24) is 9.97 Å². The van der Waals surface area contributed by atoms with E-state index in [1.807, 2.05) is 36.4 Å². The van der Waals surface area contributed by atoms with Crippen LogP contribution in [-0.2, 0) is 10.8 Å². The maximum absolute atomic E-state index is 11.5. The molecule has 5 nitrogen and oxygen atoms in total. The van der Waals surface area contributed by atoms with E-state index in [2.05, 4.69) is 9.97 Å². The minimum Gasteiger partial charge on any atom is -0.398 e. The minimum atomic E-state index is -1.01. The third-order valence-electron chi connectivity index (χ3n) is 3.23. The van der Waals surface area contributed by atoms with Crippen LogP contribution in [0.2, 0.25) is 0 Å². The molecule has 4 N–H and O–H groups in total. The average molecular weight is 298 g/mol. The van der Waals surface area contributed by atoms with E-state index in [4.69, 9.17) is 11.5 Å². The zero-order valence-electron chi connectivity index (χ0n) is 11.4. The van der Waals surface area contributed by atoms with Crippen molar-refractivity contribution in [3.8, 4) is 11.3 Å². The van der Waals surface area contributed by atoms with E-state index >= 15 is 0 Å². The summed E-state index contributed by atoms with van der Waals surface area (Å²) in [7, 11) is -1.01. The van der Waals surface area contributed by atoms with E-state index in [9.17, 15) is 4.21 Å². The number of nitrogens with two attached hydrogens (primary N) is 2. The Morgan fingerprint density at radius 3 is 2.38 bits per heavy atom. The van der Waals surface area contributed by atoms with Crippen LogP contribution in [0, 0.1) is 0 Å². The normalized spacial score (nSPS) is 12.4. The first kappa shape index (κ1) is 13.5. The number of aromatic nitrogens is 2. The summed E-state index contributed by atoms with van der Waals surface area (Å²) in [5.41, 5.74) is 14.7. The first-order valence-electron chi connectivity index (χ1n) is 6.32. The van der Waals surface area contributed by atoms with Crippen molar-refractivity contribution in [1.29, 1.82) is 0 Å². The number of hydrogen-bond donors (Lipinski definition) is 2. The highest BCUT2D eigenvalue weighted by Gasteiger charge is 2.11. The molecule has 0 radical (unpaired) electrons. The predicted octanol–water partition coefficient (Wildman–Crippen LogP) is 2.20. The van der Waals surface area contributed by atoms with Crippen molar-refractivity contribution in [3.05, 3.63) is 42.5 Å². The number of nitrogen functional groups attached to an aromatic ring is 2. The van der Waals surface area contributed by atoms with Crippen molar-refractivity contribution in [2.75, 3.05) is 17.7 Å². The lowest BCUT2D eigenvalue weighted by Crippen LogP contribution is -2.00. The molecule has 0 aliphatic rings. The van der Waals surface area contributed by atoms with Gasteiger partial charge in [-0.3, -0.25) is 4.21 Å². The van der Waals surface area contributed by atoms with Crippen LogP contribution < -0.4 is 11.5 Å². The highest BCUT2D eigenvalue weighted by atomic mass is 32.2. The van der Waals surface area contributed by atoms with Gasteiger partial charge in [-0.15, -0.1) is 0 Å². The second kappa shape index (κ2) is 5.14. The molecule has 0 spiro atoms. The molecule has 0 saturated carbocycles. The predicted molar refractivity (Wildman–Crippen MR) is 86.1 cm³/mol. The van der Waals surface area contributed by atoms with Gasteiger partial charge in [-0.25, -0.2) is 9.97 Å². The summed E-state index contributed by atoms with van der Waals surface area (Å²) in [6.45, 7) is 0. The van der Waals surface area contributed by atoms with E-state index < -0.39 is 10.8 Å². The van der Waals surface area contributed by atoms with Crippen LogP contribution in [0.25, 0.3) is 22.2 Å². The molecular weight excluding hydrogens is 284 g/mol. The number of benzene rings is 2. The summed E-state index contributed by atoms with van der Waals surface area (Å²) >= 11 is 0. The number of rotatable bonds is 2. The van der Waals surface area contributed by atoms with Gasteiger partial charge in [0.1, 0.15) is 0 Å². The van der Waals surface area contributed by atoms with Crippen molar-refractivity contribution >= 4 is 33.3 Å². The highest BCUT2D eigenvalue weighted by Crippen LogP contribution is 2.31. The lowest BCUT2D eigenvalue weighted by atomic mass is 10.1. The third kappa shape index (κ3) is 2.45. The Labute approximate surface area is 124 Å². The summed E-state index contributed by atoms with van der Waals surface area (Å²) < 4.78 is 11.5. The monoisotopic (exact) mass is 298 g/mol. The van der Waals surface area contributed by atoms with Gasteiger partial charge in [-0.05, 0) is 24.3 Å². The van der Waals surface area contributed by atoms with Gasteiger partial charge in [-0.2, -0.15) is 0 Å². The summed E-state index contributed by atoms with van der Waals surface area (Å²) in [4.78, 5) is 9.29. The van der Waals surface area contributed by atoms with Gasteiger partial charge in [-0.1, -0.05) is 18.2 Å². The third-order valence-corrected chi connectivity index (χ3v) is 4.17.